The van der Waals surface area contributed by atoms with Crippen LogP contribution in [0.1, 0.15) is 18.7 Å². The molecule has 0 aliphatic heterocycles. The summed E-state index contributed by atoms with van der Waals surface area (Å²) in [4.78, 5) is 10.8. The Morgan fingerprint density at radius 1 is 1.42 bits per heavy atom. The number of nitrogens with zero attached hydrogens (tertiary/aromatic N) is 2. The fraction of sp³-hybridized carbons (Fsp3) is 0.500. The molecule has 0 amide bonds. The van der Waals surface area contributed by atoms with Crippen LogP contribution in [0.4, 0.5) is 11.8 Å². The van der Waals surface area contributed by atoms with Crippen molar-refractivity contribution < 1.29 is 4.74 Å². The summed E-state index contributed by atoms with van der Waals surface area (Å²) in [6, 6.07) is 2.07. The van der Waals surface area contributed by atoms with Gasteiger partial charge in [0.1, 0.15) is 10.6 Å². The molecule has 0 saturated carbocycles. The van der Waals surface area contributed by atoms with Gasteiger partial charge in [-0.15, -0.1) is 11.3 Å². The molecule has 0 radical (unpaired) electrons. The van der Waals surface area contributed by atoms with Gasteiger partial charge in [0.25, 0.3) is 0 Å². The Hall–Kier alpha value is -1.44. The van der Waals surface area contributed by atoms with Gasteiger partial charge in [-0.3, -0.25) is 5.43 Å². The number of hydrazine groups is 1. The van der Waals surface area contributed by atoms with Gasteiger partial charge in [-0.1, -0.05) is 0 Å². The molecule has 2 heterocycles. The van der Waals surface area contributed by atoms with Crippen molar-refractivity contribution in [2.45, 2.75) is 26.3 Å². The number of hydrogen-bond donors (Lipinski definition) is 3. The summed E-state index contributed by atoms with van der Waals surface area (Å²) < 4.78 is 5.21. The Balaban J connectivity index is 2.45. The molecule has 7 heteroatoms. The highest BCUT2D eigenvalue weighted by Gasteiger charge is 2.20. The van der Waals surface area contributed by atoms with Gasteiger partial charge in [-0.05, 0) is 26.8 Å². The maximum atomic E-state index is 5.42. The minimum absolute atomic E-state index is 0.224. The summed E-state index contributed by atoms with van der Waals surface area (Å²) in [7, 11) is 1.68. The average molecular weight is 281 g/mol. The van der Waals surface area contributed by atoms with Crippen LogP contribution in [0.2, 0.25) is 0 Å². The lowest BCUT2D eigenvalue weighted by molar-refractivity contribution is 0.158. The predicted octanol–water partition coefficient (Wildman–Crippen LogP) is 2.12. The molecule has 4 N–H and O–H groups in total. The lowest BCUT2D eigenvalue weighted by Gasteiger charge is -2.26. The summed E-state index contributed by atoms with van der Waals surface area (Å²) in [6.45, 7) is 6.73. The fourth-order valence-corrected chi connectivity index (χ4v) is 2.80. The first-order chi connectivity index (χ1) is 8.95. The molecular formula is C12H19N5OS. The fourth-order valence-electron chi connectivity index (χ4n) is 1.92. The molecule has 104 valence electrons. The zero-order chi connectivity index (χ0) is 14.0. The highest BCUT2D eigenvalue weighted by Crippen LogP contribution is 2.30. The quantitative estimate of drug-likeness (QED) is 0.575. The monoisotopic (exact) mass is 281 g/mol. The number of anilines is 2. The number of thiophene rings is 1. The van der Waals surface area contributed by atoms with Crippen LogP contribution in [-0.4, -0.2) is 29.2 Å². The maximum absolute atomic E-state index is 5.42. The van der Waals surface area contributed by atoms with E-state index >= 15 is 0 Å². The molecule has 0 aliphatic rings. The summed E-state index contributed by atoms with van der Waals surface area (Å²) in [5, 5.41) is 4.39. The molecule has 0 unspecified atom stereocenters. The molecule has 0 spiro atoms. The third-order valence-electron chi connectivity index (χ3n) is 2.61. The van der Waals surface area contributed by atoms with E-state index in [9.17, 15) is 0 Å². The summed E-state index contributed by atoms with van der Waals surface area (Å²) >= 11 is 1.62. The van der Waals surface area contributed by atoms with Gasteiger partial charge in [-0.25, -0.2) is 10.8 Å². The molecule has 0 aromatic carbocycles. The molecule has 0 bridgehead atoms. The number of nitrogens with one attached hydrogen (secondary N) is 2. The van der Waals surface area contributed by atoms with E-state index in [0.29, 0.717) is 12.6 Å². The first-order valence-corrected chi connectivity index (χ1v) is 6.79. The van der Waals surface area contributed by atoms with Crippen molar-refractivity contribution in [3.63, 3.8) is 0 Å². The van der Waals surface area contributed by atoms with E-state index in [0.717, 1.165) is 16.0 Å². The summed E-state index contributed by atoms with van der Waals surface area (Å²) in [6.07, 6.45) is 0. The standard InChI is InChI=1S/C12H19N5OS/c1-7-5-8-9(16-12(2,3)6-18-4)14-11(17-13)15-10(8)19-7/h5H,6,13H2,1-4H3,(H2,14,15,16,17). The number of methoxy groups -OCH3 is 1. The smallest absolute Gasteiger partial charge is 0.240 e. The van der Waals surface area contributed by atoms with Crippen LogP contribution >= 0.6 is 11.3 Å². The predicted molar refractivity (Wildman–Crippen MR) is 79.5 cm³/mol. The van der Waals surface area contributed by atoms with Crippen molar-refractivity contribution >= 4 is 33.3 Å². The zero-order valence-corrected chi connectivity index (χ0v) is 12.4. The number of rotatable bonds is 5. The molecular weight excluding hydrogens is 262 g/mol. The minimum Gasteiger partial charge on any atom is -0.382 e. The second-order valence-electron chi connectivity index (χ2n) is 5.06. The van der Waals surface area contributed by atoms with Crippen LogP contribution in [0.15, 0.2) is 6.07 Å². The Bertz CT molecular complexity index is 581. The van der Waals surface area contributed by atoms with Crippen molar-refractivity contribution in [2.24, 2.45) is 5.84 Å². The van der Waals surface area contributed by atoms with Gasteiger partial charge < -0.3 is 10.1 Å². The first kappa shape index (κ1) is 14.0. The van der Waals surface area contributed by atoms with Crippen LogP contribution in [0, 0.1) is 6.92 Å². The lowest BCUT2D eigenvalue weighted by Crippen LogP contribution is -2.36. The number of nitrogens with two attached hydrogens (primary N) is 1. The summed E-state index contributed by atoms with van der Waals surface area (Å²) in [5.41, 5.74) is 2.28. The highest BCUT2D eigenvalue weighted by molar-refractivity contribution is 7.18. The van der Waals surface area contributed by atoms with Gasteiger partial charge in [-0.2, -0.15) is 4.98 Å². The molecule has 19 heavy (non-hydrogen) atoms. The molecule has 0 fully saturated rings. The molecule has 0 aliphatic carbocycles. The van der Waals surface area contributed by atoms with Gasteiger partial charge in [0.15, 0.2) is 0 Å². The first-order valence-electron chi connectivity index (χ1n) is 5.97. The van der Waals surface area contributed by atoms with E-state index in [2.05, 4.69) is 40.6 Å². The maximum Gasteiger partial charge on any atom is 0.240 e. The van der Waals surface area contributed by atoms with Gasteiger partial charge >= 0.3 is 0 Å². The number of ether oxygens (including phenoxy) is 1. The minimum atomic E-state index is -0.224. The highest BCUT2D eigenvalue weighted by atomic mass is 32.1. The lowest BCUT2D eigenvalue weighted by atomic mass is 10.1. The van der Waals surface area contributed by atoms with Crippen LogP contribution in [0.3, 0.4) is 0 Å². The van der Waals surface area contributed by atoms with Crippen molar-refractivity contribution in [3.8, 4) is 0 Å². The van der Waals surface area contributed by atoms with Crippen LogP contribution < -0.4 is 16.6 Å². The Kier molecular flexibility index (Phi) is 3.88. The second-order valence-corrected chi connectivity index (χ2v) is 6.29. The van der Waals surface area contributed by atoms with Gasteiger partial charge in [0.05, 0.1) is 17.5 Å². The molecule has 0 saturated heterocycles. The number of nitrogen functional groups attached to an aromatic ring is 1. The molecule has 2 rings (SSSR count). The second kappa shape index (κ2) is 5.28. The SMILES string of the molecule is COCC(C)(C)Nc1nc(NN)nc2sc(C)cc12. The Morgan fingerprint density at radius 3 is 2.79 bits per heavy atom. The van der Waals surface area contributed by atoms with Gasteiger partial charge in [0.2, 0.25) is 5.95 Å². The van der Waals surface area contributed by atoms with Crippen LogP contribution in [0.5, 0.6) is 0 Å². The summed E-state index contributed by atoms with van der Waals surface area (Å²) in [5.74, 6) is 6.59. The molecule has 0 atom stereocenters. The van der Waals surface area contributed by atoms with E-state index in [4.69, 9.17) is 10.6 Å². The van der Waals surface area contributed by atoms with Crippen molar-refractivity contribution in [1.82, 2.24) is 9.97 Å². The van der Waals surface area contributed by atoms with Gasteiger partial charge in [0, 0.05) is 12.0 Å². The van der Waals surface area contributed by atoms with Crippen molar-refractivity contribution in [2.75, 3.05) is 24.5 Å². The number of hydrogen-bond acceptors (Lipinski definition) is 7. The largest absolute Gasteiger partial charge is 0.382 e. The third kappa shape index (κ3) is 3.12. The van der Waals surface area contributed by atoms with E-state index in [-0.39, 0.29) is 5.54 Å². The Morgan fingerprint density at radius 2 is 2.16 bits per heavy atom. The number of aromatic nitrogens is 2. The number of aryl methyl sites for hydroxylation is 1. The Labute approximate surface area is 116 Å². The molecule has 6 nitrogen and oxygen atoms in total. The van der Waals surface area contributed by atoms with E-state index < -0.39 is 0 Å². The zero-order valence-electron chi connectivity index (χ0n) is 11.6. The van der Waals surface area contributed by atoms with Crippen LogP contribution in [0.25, 0.3) is 10.2 Å². The van der Waals surface area contributed by atoms with Crippen molar-refractivity contribution in [3.05, 3.63) is 10.9 Å². The topological polar surface area (TPSA) is 85.1 Å². The normalized spacial score (nSPS) is 11.8. The van der Waals surface area contributed by atoms with Crippen molar-refractivity contribution in [1.29, 1.82) is 0 Å². The molecule has 2 aromatic rings. The van der Waals surface area contributed by atoms with Crippen LogP contribution in [-0.2, 0) is 4.74 Å². The van der Waals surface area contributed by atoms with E-state index in [1.807, 2.05) is 6.92 Å². The molecule has 2 aromatic heterocycles. The third-order valence-corrected chi connectivity index (χ3v) is 3.55. The average Bonchev–Trinajstić information content (AvgIpc) is 2.69. The number of fused-ring (bicyclic) bond motifs is 1. The van der Waals surface area contributed by atoms with E-state index in [1.54, 1.807) is 18.4 Å². The van der Waals surface area contributed by atoms with E-state index in [1.165, 1.54) is 4.88 Å².